The number of ether oxygens (including phenoxy) is 1. The Morgan fingerprint density at radius 3 is 3.00 bits per heavy atom. The van der Waals surface area contributed by atoms with Crippen LogP contribution in [-0.4, -0.2) is 25.2 Å². The van der Waals surface area contributed by atoms with Crippen molar-refractivity contribution >= 4 is 11.6 Å². The molecular weight excluding hydrogens is 204 g/mol. The molecule has 4 nitrogen and oxygen atoms in total. The third-order valence-corrected chi connectivity index (χ3v) is 2.81. The molecule has 1 unspecified atom stereocenters. The van der Waals surface area contributed by atoms with E-state index in [1.807, 2.05) is 13.0 Å². The van der Waals surface area contributed by atoms with Gasteiger partial charge >= 0.3 is 0 Å². The molecular formula is C12H16N2O2. The fourth-order valence-corrected chi connectivity index (χ4v) is 1.80. The lowest BCUT2D eigenvalue weighted by Gasteiger charge is -2.15. The fraction of sp³-hybridized carbons (Fsp3) is 0.417. The molecule has 1 fully saturated rings. The summed E-state index contributed by atoms with van der Waals surface area (Å²) >= 11 is 0. The largest absolute Gasteiger partial charge is 0.380 e. The maximum Gasteiger partial charge on any atom is 0.248 e. The minimum Gasteiger partial charge on any atom is -0.380 e. The number of anilines is 1. The van der Waals surface area contributed by atoms with Crippen LogP contribution in [-0.2, 0) is 4.74 Å². The zero-order valence-electron chi connectivity index (χ0n) is 9.32. The number of amides is 1. The van der Waals surface area contributed by atoms with Crippen molar-refractivity contribution in [2.24, 2.45) is 5.73 Å². The summed E-state index contributed by atoms with van der Waals surface area (Å²) in [5.74, 6) is -0.397. The Kier molecular flexibility index (Phi) is 3.10. The summed E-state index contributed by atoms with van der Waals surface area (Å²) in [5, 5.41) is 3.37. The van der Waals surface area contributed by atoms with Crippen LogP contribution in [0.2, 0.25) is 0 Å². The topological polar surface area (TPSA) is 64.4 Å². The first-order chi connectivity index (χ1) is 7.66. The van der Waals surface area contributed by atoms with Gasteiger partial charge in [-0.2, -0.15) is 0 Å². The molecule has 1 aliphatic heterocycles. The Bertz CT molecular complexity index is 398. The van der Waals surface area contributed by atoms with Crippen molar-refractivity contribution < 1.29 is 9.53 Å². The SMILES string of the molecule is Cc1ccc(C(N)=O)cc1NC1CCOC1. The molecule has 16 heavy (non-hydrogen) atoms. The molecule has 0 aromatic heterocycles. The lowest BCUT2D eigenvalue weighted by atomic mass is 10.1. The number of nitrogens with two attached hydrogens (primary N) is 1. The van der Waals surface area contributed by atoms with E-state index in [1.165, 1.54) is 0 Å². The number of primary amides is 1. The standard InChI is InChI=1S/C12H16N2O2/c1-8-2-3-9(12(13)15)6-11(8)14-10-4-5-16-7-10/h2-3,6,10,14H,4-5,7H2,1H3,(H2,13,15). The summed E-state index contributed by atoms with van der Waals surface area (Å²) in [6, 6.07) is 5.78. The van der Waals surface area contributed by atoms with E-state index >= 15 is 0 Å². The van der Waals surface area contributed by atoms with E-state index in [-0.39, 0.29) is 0 Å². The third-order valence-electron chi connectivity index (χ3n) is 2.81. The monoisotopic (exact) mass is 220 g/mol. The van der Waals surface area contributed by atoms with Crippen molar-refractivity contribution in [1.29, 1.82) is 0 Å². The summed E-state index contributed by atoms with van der Waals surface area (Å²) in [7, 11) is 0. The first-order valence-electron chi connectivity index (χ1n) is 5.41. The van der Waals surface area contributed by atoms with Crippen LogP contribution in [0.25, 0.3) is 0 Å². The Hall–Kier alpha value is -1.55. The van der Waals surface area contributed by atoms with Crippen LogP contribution in [0.1, 0.15) is 22.3 Å². The minimum atomic E-state index is -0.397. The van der Waals surface area contributed by atoms with Gasteiger partial charge in [0.15, 0.2) is 0 Å². The van der Waals surface area contributed by atoms with Crippen LogP contribution in [0.5, 0.6) is 0 Å². The number of carbonyl (C=O) groups is 1. The highest BCUT2D eigenvalue weighted by molar-refractivity contribution is 5.94. The van der Waals surface area contributed by atoms with Crippen LogP contribution in [0.4, 0.5) is 5.69 Å². The Morgan fingerprint density at radius 2 is 2.38 bits per heavy atom. The predicted molar refractivity (Wildman–Crippen MR) is 62.5 cm³/mol. The summed E-state index contributed by atoms with van der Waals surface area (Å²) in [5.41, 5.74) is 7.86. The summed E-state index contributed by atoms with van der Waals surface area (Å²) in [6.07, 6.45) is 1.00. The van der Waals surface area contributed by atoms with E-state index in [1.54, 1.807) is 12.1 Å². The van der Waals surface area contributed by atoms with Gasteiger partial charge in [0.25, 0.3) is 0 Å². The molecule has 0 bridgehead atoms. The van der Waals surface area contributed by atoms with Gasteiger partial charge in [0.05, 0.1) is 12.6 Å². The molecule has 1 aliphatic rings. The maximum absolute atomic E-state index is 11.1. The van der Waals surface area contributed by atoms with Gasteiger partial charge in [-0.05, 0) is 31.0 Å². The van der Waals surface area contributed by atoms with Crippen LogP contribution in [0.15, 0.2) is 18.2 Å². The first kappa shape index (κ1) is 11.0. The van der Waals surface area contributed by atoms with E-state index in [2.05, 4.69) is 5.32 Å². The van der Waals surface area contributed by atoms with E-state index in [4.69, 9.17) is 10.5 Å². The lowest BCUT2D eigenvalue weighted by molar-refractivity contribution is 0.100. The molecule has 4 heteroatoms. The van der Waals surface area contributed by atoms with Crippen molar-refractivity contribution in [3.63, 3.8) is 0 Å². The molecule has 1 saturated heterocycles. The number of aryl methyl sites for hydroxylation is 1. The number of rotatable bonds is 3. The quantitative estimate of drug-likeness (QED) is 0.806. The molecule has 86 valence electrons. The highest BCUT2D eigenvalue weighted by atomic mass is 16.5. The molecule has 1 amide bonds. The number of benzene rings is 1. The Labute approximate surface area is 94.8 Å². The van der Waals surface area contributed by atoms with Gasteiger partial charge < -0.3 is 15.8 Å². The molecule has 2 rings (SSSR count). The van der Waals surface area contributed by atoms with Crippen molar-refractivity contribution in [3.8, 4) is 0 Å². The lowest BCUT2D eigenvalue weighted by Crippen LogP contribution is -2.20. The van der Waals surface area contributed by atoms with Crippen molar-refractivity contribution in [1.82, 2.24) is 0 Å². The molecule has 0 aliphatic carbocycles. The Balaban J connectivity index is 2.17. The smallest absolute Gasteiger partial charge is 0.248 e. The van der Waals surface area contributed by atoms with E-state index < -0.39 is 5.91 Å². The first-order valence-corrected chi connectivity index (χ1v) is 5.41. The van der Waals surface area contributed by atoms with Gasteiger partial charge in [-0.1, -0.05) is 6.07 Å². The summed E-state index contributed by atoms with van der Waals surface area (Å²) in [4.78, 5) is 11.1. The average Bonchev–Trinajstić information content (AvgIpc) is 2.73. The highest BCUT2D eigenvalue weighted by Gasteiger charge is 2.16. The minimum absolute atomic E-state index is 0.335. The molecule has 1 aromatic rings. The normalized spacial score (nSPS) is 19.7. The van der Waals surface area contributed by atoms with Gasteiger partial charge in [0.1, 0.15) is 0 Å². The zero-order valence-corrected chi connectivity index (χ0v) is 9.32. The van der Waals surface area contributed by atoms with Crippen LogP contribution in [0.3, 0.4) is 0 Å². The molecule has 0 saturated carbocycles. The molecule has 3 N–H and O–H groups in total. The fourth-order valence-electron chi connectivity index (χ4n) is 1.80. The molecule has 1 heterocycles. The second-order valence-electron chi connectivity index (χ2n) is 4.10. The molecule has 1 aromatic carbocycles. The highest BCUT2D eigenvalue weighted by Crippen LogP contribution is 2.19. The van der Waals surface area contributed by atoms with Gasteiger partial charge in [-0.3, -0.25) is 4.79 Å². The zero-order chi connectivity index (χ0) is 11.5. The molecule has 0 spiro atoms. The third kappa shape index (κ3) is 2.33. The van der Waals surface area contributed by atoms with Gasteiger partial charge in [0, 0.05) is 17.9 Å². The predicted octanol–water partition coefficient (Wildman–Crippen LogP) is 1.29. The van der Waals surface area contributed by atoms with E-state index in [0.717, 1.165) is 30.9 Å². The van der Waals surface area contributed by atoms with Gasteiger partial charge in [-0.25, -0.2) is 0 Å². The summed E-state index contributed by atoms with van der Waals surface area (Å²) in [6.45, 7) is 3.52. The number of nitrogens with one attached hydrogen (secondary N) is 1. The maximum atomic E-state index is 11.1. The summed E-state index contributed by atoms with van der Waals surface area (Å²) < 4.78 is 5.29. The van der Waals surface area contributed by atoms with E-state index in [0.29, 0.717) is 11.6 Å². The second kappa shape index (κ2) is 4.53. The number of hydrogen-bond acceptors (Lipinski definition) is 3. The molecule has 0 radical (unpaired) electrons. The Morgan fingerprint density at radius 1 is 1.56 bits per heavy atom. The van der Waals surface area contributed by atoms with Crippen LogP contribution >= 0.6 is 0 Å². The van der Waals surface area contributed by atoms with Crippen molar-refractivity contribution in [2.45, 2.75) is 19.4 Å². The van der Waals surface area contributed by atoms with Gasteiger partial charge in [0.2, 0.25) is 5.91 Å². The van der Waals surface area contributed by atoms with Crippen molar-refractivity contribution in [2.75, 3.05) is 18.5 Å². The van der Waals surface area contributed by atoms with Crippen molar-refractivity contribution in [3.05, 3.63) is 29.3 Å². The number of hydrogen-bond donors (Lipinski definition) is 2. The van der Waals surface area contributed by atoms with Crippen LogP contribution < -0.4 is 11.1 Å². The van der Waals surface area contributed by atoms with E-state index in [9.17, 15) is 4.79 Å². The molecule has 1 atom stereocenters. The average molecular weight is 220 g/mol. The van der Waals surface area contributed by atoms with Gasteiger partial charge in [-0.15, -0.1) is 0 Å². The number of carbonyl (C=O) groups excluding carboxylic acids is 1. The van der Waals surface area contributed by atoms with Crippen LogP contribution in [0, 0.1) is 6.92 Å². The second-order valence-corrected chi connectivity index (χ2v) is 4.10.